The van der Waals surface area contributed by atoms with E-state index in [4.69, 9.17) is 19.5 Å². The van der Waals surface area contributed by atoms with E-state index in [-0.39, 0.29) is 24.3 Å². The molecule has 4 aromatic rings. The first-order valence-electron chi connectivity index (χ1n) is 13.2. The minimum absolute atomic E-state index is 0.153. The number of carbonyl (C=O) groups is 1. The summed E-state index contributed by atoms with van der Waals surface area (Å²) >= 11 is 4.74. The van der Waals surface area contributed by atoms with Gasteiger partial charge in [0.2, 0.25) is 0 Å². The van der Waals surface area contributed by atoms with Gasteiger partial charge in [-0.3, -0.25) is 9.36 Å². The number of halogens is 2. The van der Waals surface area contributed by atoms with Gasteiger partial charge < -0.3 is 14.2 Å². The number of nitriles is 1. The van der Waals surface area contributed by atoms with Crippen LogP contribution in [0.2, 0.25) is 0 Å². The van der Waals surface area contributed by atoms with Crippen LogP contribution in [0.5, 0.6) is 11.5 Å². The highest BCUT2D eigenvalue weighted by Crippen LogP contribution is 2.37. The number of allylic oxidation sites excluding steroid dienone is 1. The summed E-state index contributed by atoms with van der Waals surface area (Å²) in [6, 6.07) is 17.6. The van der Waals surface area contributed by atoms with Gasteiger partial charge in [-0.2, -0.15) is 5.26 Å². The Kier molecular flexibility index (Phi) is 8.89. The topological polar surface area (TPSA) is 103 Å². The molecule has 5 rings (SSSR count). The zero-order valence-electron chi connectivity index (χ0n) is 23.4. The fourth-order valence-electron chi connectivity index (χ4n) is 4.70. The van der Waals surface area contributed by atoms with E-state index in [1.807, 2.05) is 18.2 Å². The minimum Gasteiger partial charge on any atom is -0.493 e. The van der Waals surface area contributed by atoms with Crippen molar-refractivity contribution in [3.63, 3.8) is 0 Å². The third-order valence-corrected chi connectivity index (χ3v) is 8.29. The molecule has 11 heteroatoms. The predicted octanol–water partition coefficient (Wildman–Crippen LogP) is 5.16. The van der Waals surface area contributed by atoms with E-state index in [9.17, 15) is 14.0 Å². The molecule has 43 heavy (non-hydrogen) atoms. The average Bonchev–Trinajstić information content (AvgIpc) is 3.30. The Labute approximate surface area is 258 Å². The number of aromatic nitrogens is 1. The summed E-state index contributed by atoms with van der Waals surface area (Å²) in [5.74, 6) is -0.0841. The smallest absolute Gasteiger partial charge is 0.338 e. The quantitative estimate of drug-likeness (QED) is 0.242. The summed E-state index contributed by atoms with van der Waals surface area (Å²) in [6.45, 7) is 3.80. The third kappa shape index (κ3) is 6.16. The van der Waals surface area contributed by atoms with Crippen molar-refractivity contribution in [3.8, 4) is 17.6 Å². The number of hydrogen-bond acceptors (Lipinski definition) is 8. The first kappa shape index (κ1) is 29.9. The van der Waals surface area contributed by atoms with Gasteiger partial charge in [-0.1, -0.05) is 35.6 Å². The molecule has 1 aliphatic heterocycles. The van der Waals surface area contributed by atoms with Crippen LogP contribution in [0.15, 0.2) is 86.2 Å². The second-order valence-corrected chi connectivity index (χ2v) is 11.3. The summed E-state index contributed by atoms with van der Waals surface area (Å²) in [4.78, 5) is 31.8. The van der Waals surface area contributed by atoms with Crippen LogP contribution in [0.25, 0.3) is 6.08 Å². The third-order valence-electron chi connectivity index (χ3n) is 6.72. The largest absolute Gasteiger partial charge is 0.493 e. The van der Waals surface area contributed by atoms with Crippen molar-refractivity contribution in [1.82, 2.24) is 4.57 Å². The number of esters is 1. The van der Waals surface area contributed by atoms with Crippen LogP contribution < -0.4 is 24.4 Å². The molecule has 0 spiro atoms. The minimum atomic E-state index is -0.836. The molecule has 0 amide bonds. The fraction of sp³-hybridized carbons (Fsp3) is 0.188. The second kappa shape index (κ2) is 12.8. The monoisotopic (exact) mass is 661 g/mol. The summed E-state index contributed by atoms with van der Waals surface area (Å²) in [5.41, 5.74) is 2.96. The van der Waals surface area contributed by atoms with Gasteiger partial charge >= 0.3 is 5.97 Å². The lowest BCUT2D eigenvalue weighted by Crippen LogP contribution is -2.39. The molecule has 0 bridgehead atoms. The van der Waals surface area contributed by atoms with Crippen LogP contribution in [-0.4, -0.2) is 24.3 Å². The highest BCUT2D eigenvalue weighted by molar-refractivity contribution is 9.10. The highest BCUT2D eigenvalue weighted by Gasteiger charge is 2.33. The van der Waals surface area contributed by atoms with Gasteiger partial charge in [0.1, 0.15) is 12.4 Å². The Bertz CT molecular complexity index is 1960. The van der Waals surface area contributed by atoms with Gasteiger partial charge in [0.05, 0.1) is 51.7 Å². The zero-order chi connectivity index (χ0) is 30.7. The molecule has 0 radical (unpaired) electrons. The molecule has 2 heterocycles. The molecule has 0 unspecified atom stereocenters. The first-order chi connectivity index (χ1) is 20.7. The van der Waals surface area contributed by atoms with E-state index in [0.29, 0.717) is 47.7 Å². The molecule has 0 saturated carbocycles. The molecule has 218 valence electrons. The van der Waals surface area contributed by atoms with Crippen molar-refractivity contribution < 1.29 is 23.4 Å². The van der Waals surface area contributed by atoms with Crippen molar-refractivity contribution in [2.45, 2.75) is 26.5 Å². The van der Waals surface area contributed by atoms with Crippen molar-refractivity contribution in [3.05, 3.63) is 124 Å². The Balaban J connectivity index is 1.55. The zero-order valence-corrected chi connectivity index (χ0v) is 25.8. The highest BCUT2D eigenvalue weighted by atomic mass is 79.9. The second-order valence-electron chi connectivity index (χ2n) is 9.49. The van der Waals surface area contributed by atoms with E-state index >= 15 is 0 Å². The number of nitrogens with zero attached hydrogens (tertiary/aromatic N) is 3. The molecule has 8 nitrogen and oxygen atoms in total. The van der Waals surface area contributed by atoms with Gasteiger partial charge in [-0.05, 0) is 88.9 Å². The van der Waals surface area contributed by atoms with Crippen LogP contribution in [0, 0.1) is 17.1 Å². The van der Waals surface area contributed by atoms with Crippen molar-refractivity contribution >= 4 is 39.3 Å². The van der Waals surface area contributed by atoms with E-state index < -0.39 is 17.8 Å². The maximum absolute atomic E-state index is 13.9. The molecule has 0 saturated heterocycles. The van der Waals surface area contributed by atoms with E-state index in [1.54, 1.807) is 50.3 Å². The predicted molar refractivity (Wildman–Crippen MR) is 163 cm³/mol. The van der Waals surface area contributed by atoms with Crippen LogP contribution in [-0.2, 0) is 16.1 Å². The van der Waals surface area contributed by atoms with Crippen LogP contribution in [0.4, 0.5) is 4.39 Å². The maximum Gasteiger partial charge on any atom is 0.338 e. The number of benzene rings is 3. The van der Waals surface area contributed by atoms with Gasteiger partial charge in [0.25, 0.3) is 5.56 Å². The summed E-state index contributed by atoms with van der Waals surface area (Å²) in [6.07, 6.45) is 1.71. The number of rotatable bonds is 8. The maximum atomic E-state index is 13.9. The number of thiazole rings is 1. The molecule has 1 aromatic heterocycles. The number of hydrogen-bond donors (Lipinski definition) is 0. The van der Waals surface area contributed by atoms with Gasteiger partial charge in [-0.25, -0.2) is 14.2 Å². The van der Waals surface area contributed by atoms with Gasteiger partial charge in [0.15, 0.2) is 16.3 Å². The van der Waals surface area contributed by atoms with Crippen molar-refractivity contribution in [2.75, 3.05) is 13.7 Å². The van der Waals surface area contributed by atoms with Crippen LogP contribution in [0.3, 0.4) is 0 Å². The lowest BCUT2D eigenvalue weighted by Gasteiger charge is -2.24. The molecule has 0 N–H and O–H groups in total. The normalized spacial score (nSPS) is 14.5. The summed E-state index contributed by atoms with van der Waals surface area (Å²) in [7, 11) is 1.52. The van der Waals surface area contributed by atoms with E-state index in [1.165, 1.54) is 35.1 Å². The standard InChI is InChI=1S/C32H25BrFN3O5S/c1-4-41-31(39)27-18(2)36-32-37(28(27)22-9-11-23(34)12-10-22)30(38)26(43-32)15-21-13-24(33)29(25(14-21)40-3)42-17-20-7-5-19(16-35)6-8-20/h5-15,28H,4,17H2,1-3H3/b26-15-/t28-/m1/s1. The number of ether oxygens (including phenoxy) is 3. The molecule has 1 atom stereocenters. The SMILES string of the molecule is CCOC(=O)C1=C(C)N=c2s/c(=C\c3cc(Br)c(OCc4ccc(C#N)cc4)c(OC)c3)c(=O)n2[C@@H]1c1ccc(F)cc1. The molecular weight excluding hydrogens is 637 g/mol. The fourth-order valence-corrected chi connectivity index (χ4v) is 6.32. The Hall–Kier alpha value is -4.53. The molecular formula is C32H25BrFN3O5S. The van der Waals surface area contributed by atoms with E-state index in [0.717, 1.165) is 5.56 Å². The van der Waals surface area contributed by atoms with Gasteiger partial charge in [0, 0.05) is 0 Å². The lowest BCUT2D eigenvalue weighted by molar-refractivity contribution is -0.139. The number of fused-ring (bicyclic) bond motifs is 1. The summed E-state index contributed by atoms with van der Waals surface area (Å²) < 4.78 is 33.2. The summed E-state index contributed by atoms with van der Waals surface area (Å²) in [5, 5.41) is 9.01. The number of carbonyl (C=O) groups excluding carboxylic acids is 1. The van der Waals surface area contributed by atoms with Crippen LogP contribution >= 0.6 is 27.3 Å². The van der Waals surface area contributed by atoms with Crippen molar-refractivity contribution in [2.24, 2.45) is 4.99 Å². The average molecular weight is 663 g/mol. The molecule has 1 aliphatic rings. The Morgan fingerprint density at radius 3 is 2.56 bits per heavy atom. The molecule has 0 fully saturated rings. The number of methoxy groups -OCH3 is 1. The van der Waals surface area contributed by atoms with Crippen LogP contribution in [0.1, 0.15) is 42.1 Å². The van der Waals surface area contributed by atoms with E-state index in [2.05, 4.69) is 27.0 Å². The van der Waals surface area contributed by atoms with Gasteiger partial charge in [-0.15, -0.1) is 0 Å². The molecule has 0 aliphatic carbocycles. The lowest BCUT2D eigenvalue weighted by atomic mass is 9.96. The first-order valence-corrected chi connectivity index (χ1v) is 14.8. The Morgan fingerprint density at radius 2 is 1.91 bits per heavy atom. The van der Waals surface area contributed by atoms with Crippen molar-refractivity contribution in [1.29, 1.82) is 5.26 Å². The molecule has 3 aromatic carbocycles. The Morgan fingerprint density at radius 1 is 1.19 bits per heavy atom.